The summed E-state index contributed by atoms with van der Waals surface area (Å²) in [6, 6.07) is 14.3. The second kappa shape index (κ2) is 5.81. The largest absolute Gasteiger partial charge is 0.467 e. The predicted octanol–water partition coefficient (Wildman–Crippen LogP) is 3.70. The lowest BCUT2D eigenvalue weighted by atomic mass is 9.99. The fourth-order valence-corrected chi connectivity index (χ4v) is 3.08. The van der Waals surface area contributed by atoms with Crippen molar-refractivity contribution in [2.45, 2.75) is 18.9 Å². The zero-order valence-corrected chi connectivity index (χ0v) is 12.3. The number of aromatic nitrogens is 2. The van der Waals surface area contributed by atoms with Gasteiger partial charge in [-0.2, -0.15) is 0 Å². The van der Waals surface area contributed by atoms with Crippen molar-refractivity contribution in [3.63, 3.8) is 0 Å². The van der Waals surface area contributed by atoms with Crippen LogP contribution in [0.25, 0.3) is 11.3 Å². The molecule has 1 fully saturated rings. The minimum Gasteiger partial charge on any atom is -0.467 e. The van der Waals surface area contributed by atoms with Crippen LogP contribution in [-0.4, -0.2) is 22.8 Å². The summed E-state index contributed by atoms with van der Waals surface area (Å²) in [5, 5.41) is 0. The van der Waals surface area contributed by atoms with E-state index in [0.717, 1.165) is 36.7 Å². The van der Waals surface area contributed by atoms with Gasteiger partial charge < -0.3 is 13.7 Å². The zero-order valence-electron chi connectivity index (χ0n) is 12.3. The lowest BCUT2D eigenvalue weighted by Gasteiger charge is -2.14. The fraction of sp³-hybridized carbons (Fsp3) is 0.278. The van der Waals surface area contributed by atoms with Crippen LogP contribution in [0.2, 0.25) is 0 Å². The van der Waals surface area contributed by atoms with Crippen molar-refractivity contribution in [1.82, 2.24) is 9.55 Å². The standard InChI is InChI=1S/C18H18N2O2/c1-2-5-14(6-3-1)17-18(15-8-10-21-12-15)20(13-19-17)11-16-7-4-9-22-16/h1-7,9,13,15H,8,10-12H2/t15-/m0/s1. The van der Waals surface area contributed by atoms with Crippen LogP contribution in [0.15, 0.2) is 59.5 Å². The first-order valence-corrected chi connectivity index (χ1v) is 7.62. The molecular weight excluding hydrogens is 276 g/mol. The number of hydrogen-bond acceptors (Lipinski definition) is 3. The summed E-state index contributed by atoms with van der Waals surface area (Å²) in [6.07, 6.45) is 4.67. The normalized spacial score (nSPS) is 17.9. The highest BCUT2D eigenvalue weighted by molar-refractivity contribution is 5.62. The van der Waals surface area contributed by atoms with Gasteiger partial charge in [0.2, 0.25) is 0 Å². The maximum Gasteiger partial charge on any atom is 0.123 e. The van der Waals surface area contributed by atoms with E-state index in [4.69, 9.17) is 9.15 Å². The van der Waals surface area contributed by atoms with Crippen LogP contribution in [-0.2, 0) is 11.3 Å². The Labute approximate surface area is 129 Å². The van der Waals surface area contributed by atoms with E-state index in [1.807, 2.05) is 24.5 Å². The monoisotopic (exact) mass is 294 g/mol. The molecular formula is C18H18N2O2. The molecule has 1 saturated heterocycles. The van der Waals surface area contributed by atoms with Crippen LogP contribution < -0.4 is 0 Å². The molecule has 0 unspecified atom stereocenters. The minimum absolute atomic E-state index is 0.396. The third-order valence-electron chi connectivity index (χ3n) is 4.15. The summed E-state index contributed by atoms with van der Waals surface area (Å²) in [4.78, 5) is 4.68. The number of rotatable bonds is 4. The average Bonchev–Trinajstić information content (AvgIpc) is 3.30. The molecule has 1 aliphatic heterocycles. The Morgan fingerprint density at radius 3 is 2.77 bits per heavy atom. The van der Waals surface area contributed by atoms with Crippen LogP contribution in [0.1, 0.15) is 23.8 Å². The molecule has 3 heterocycles. The van der Waals surface area contributed by atoms with Gasteiger partial charge in [0.25, 0.3) is 0 Å². The first kappa shape index (κ1) is 13.3. The van der Waals surface area contributed by atoms with Gasteiger partial charge in [-0.1, -0.05) is 30.3 Å². The van der Waals surface area contributed by atoms with Crippen molar-refractivity contribution in [3.05, 3.63) is 66.5 Å². The quantitative estimate of drug-likeness (QED) is 0.736. The third kappa shape index (κ3) is 2.46. The van der Waals surface area contributed by atoms with Crippen LogP contribution in [0.3, 0.4) is 0 Å². The molecule has 0 spiro atoms. The van der Waals surface area contributed by atoms with Gasteiger partial charge in [-0.3, -0.25) is 0 Å². The number of benzene rings is 1. The van der Waals surface area contributed by atoms with Gasteiger partial charge in [-0.15, -0.1) is 0 Å². The summed E-state index contributed by atoms with van der Waals surface area (Å²) in [7, 11) is 0. The van der Waals surface area contributed by atoms with Crippen LogP contribution in [0.5, 0.6) is 0 Å². The first-order chi connectivity index (χ1) is 10.9. The van der Waals surface area contributed by atoms with E-state index in [1.165, 1.54) is 5.69 Å². The van der Waals surface area contributed by atoms with Crippen molar-refractivity contribution in [1.29, 1.82) is 0 Å². The molecule has 4 heteroatoms. The molecule has 2 aromatic heterocycles. The number of nitrogens with zero attached hydrogens (tertiary/aromatic N) is 2. The molecule has 1 atom stereocenters. The van der Waals surface area contributed by atoms with E-state index < -0.39 is 0 Å². The van der Waals surface area contributed by atoms with Crippen LogP contribution in [0.4, 0.5) is 0 Å². The summed E-state index contributed by atoms with van der Waals surface area (Å²) in [5.74, 6) is 1.34. The molecule has 0 radical (unpaired) electrons. The van der Waals surface area contributed by atoms with Crippen molar-refractivity contribution in [2.24, 2.45) is 0 Å². The highest BCUT2D eigenvalue weighted by atomic mass is 16.5. The molecule has 4 rings (SSSR count). The van der Waals surface area contributed by atoms with Crippen LogP contribution >= 0.6 is 0 Å². The molecule has 0 N–H and O–H groups in total. The van der Waals surface area contributed by atoms with Gasteiger partial charge in [-0.25, -0.2) is 4.98 Å². The predicted molar refractivity (Wildman–Crippen MR) is 83.7 cm³/mol. The molecule has 1 aliphatic rings. The van der Waals surface area contributed by atoms with E-state index in [2.05, 4.69) is 33.8 Å². The zero-order chi connectivity index (χ0) is 14.8. The summed E-state index contributed by atoms with van der Waals surface area (Å²) >= 11 is 0. The molecule has 0 aliphatic carbocycles. The Kier molecular flexibility index (Phi) is 3.52. The average molecular weight is 294 g/mol. The Balaban J connectivity index is 1.76. The third-order valence-corrected chi connectivity index (χ3v) is 4.15. The molecule has 0 bridgehead atoms. The highest BCUT2D eigenvalue weighted by Gasteiger charge is 2.26. The van der Waals surface area contributed by atoms with E-state index in [1.54, 1.807) is 6.26 Å². The smallest absolute Gasteiger partial charge is 0.123 e. The fourth-order valence-electron chi connectivity index (χ4n) is 3.08. The van der Waals surface area contributed by atoms with Crippen molar-refractivity contribution >= 4 is 0 Å². The number of ether oxygens (including phenoxy) is 1. The first-order valence-electron chi connectivity index (χ1n) is 7.62. The number of hydrogen-bond donors (Lipinski definition) is 0. The van der Waals surface area contributed by atoms with Gasteiger partial charge in [0.05, 0.1) is 37.1 Å². The van der Waals surface area contributed by atoms with Crippen molar-refractivity contribution in [3.8, 4) is 11.3 Å². The van der Waals surface area contributed by atoms with E-state index in [-0.39, 0.29) is 0 Å². The van der Waals surface area contributed by atoms with E-state index >= 15 is 0 Å². The van der Waals surface area contributed by atoms with Gasteiger partial charge >= 0.3 is 0 Å². The van der Waals surface area contributed by atoms with Crippen LogP contribution in [0, 0.1) is 0 Å². The molecule has 3 aromatic rings. The van der Waals surface area contributed by atoms with Gasteiger partial charge in [0.15, 0.2) is 0 Å². The molecule has 22 heavy (non-hydrogen) atoms. The molecule has 1 aromatic carbocycles. The number of furan rings is 1. The Bertz CT molecular complexity index is 726. The second-order valence-corrected chi connectivity index (χ2v) is 5.61. The maximum absolute atomic E-state index is 5.60. The Morgan fingerprint density at radius 1 is 1.14 bits per heavy atom. The van der Waals surface area contributed by atoms with Crippen molar-refractivity contribution < 1.29 is 9.15 Å². The Morgan fingerprint density at radius 2 is 2.05 bits per heavy atom. The molecule has 112 valence electrons. The minimum atomic E-state index is 0.396. The van der Waals surface area contributed by atoms with Gasteiger partial charge in [0, 0.05) is 18.1 Å². The highest BCUT2D eigenvalue weighted by Crippen LogP contribution is 2.33. The topological polar surface area (TPSA) is 40.2 Å². The van der Waals surface area contributed by atoms with Crippen molar-refractivity contribution in [2.75, 3.05) is 13.2 Å². The molecule has 0 amide bonds. The molecule has 0 saturated carbocycles. The summed E-state index contributed by atoms with van der Waals surface area (Å²) in [6.45, 7) is 2.30. The number of imidazole rings is 1. The van der Waals surface area contributed by atoms with E-state index in [0.29, 0.717) is 12.5 Å². The lowest BCUT2D eigenvalue weighted by molar-refractivity contribution is 0.193. The van der Waals surface area contributed by atoms with Gasteiger partial charge in [0.1, 0.15) is 5.76 Å². The van der Waals surface area contributed by atoms with Gasteiger partial charge in [-0.05, 0) is 18.6 Å². The molecule has 4 nitrogen and oxygen atoms in total. The summed E-state index contributed by atoms with van der Waals surface area (Å²) in [5.41, 5.74) is 3.46. The maximum atomic E-state index is 5.60. The Hall–Kier alpha value is -2.33. The lowest BCUT2D eigenvalue weighted by Crippen LogP contribution is -2.09. The SMILES string of the molecule is c1ccc(-c2ncn(Cc3ccco3)c2[C@H]2CCOC2)cc1. The second-order valence-electron chi connectivity index (χ2n) is 5.61. The van der Waals surface area contributed by atoms with E-state index in [9.17, 15) is 0 Å². The summed E-state index contributed by atoms with van der Waals surface area (Å²) < 4.78 is 13.3.